The van der Waals surface area contributed by atoms with Crippen LogP contribution in [0, 0.1) is 5.92 Å². The summed E-state index contributed by atoms with van der Waals surface area (Å²) in [6, 6.07) is 3.64. The normalized spacial score (nSPS) is 21.0. The van der Waals surface area contributed by atoms with Crippen molar-refractivity contribution < 1.29 is 23.7 Å². The van der Waals surface area contributed by atoms with E-state index in [1.807, 2.05) is 6.07 Å². The first-order valence-electron chi connectivity index (χ1n) is 6.74. The highest BCUT2D eigenvalue weighted by atomic mass is 16.5. The number of esters is 1. The first kappa shape index (κ1) is 15.4. The highest BCUT2D eigenvalue weighted by Crippen LogP contribution is 2.41. The smallest absolute Gasteiger partial charge is 0.310 e. The van der Waals surface area contributed by atoms with Gasteiger partial charge in [-0.2, -0.15) is 0 Å². The van der Waals surface area contributed by atoms with Crippen LogP contribution in [0.5, 0.6) is 17.2 Å². The lowest BCUT2D eigenvalue weighted by Gasteiger charge is -2.21. The Balaban J connectivity index is 2.44. The number of carbonyl (C=O) groups excluding carboxylic acids is 1. The van der Waals surface area contributed by atoms with E-state index in [2.05, 4.69) is 5.32 Å². The summed E-state index contributed by atoms with van der Waals surface area (Å²) in [5.41, 5.74) is 0.913. The van der Waals surface area contributed by atoms with Crippen LogP contribution in [0.2, 0.25) is 0 Å². The molecule has 0 saturated carbocycles. The van der Waals surface area contributed by atoms with Gasteiger partial charge in [-0.1, -0.05) is 0 Å². The number of rotatable bonds is 5. The van der Waals surface area contributed by atoms with E-state index in [0.29, 0.717) is 30.3 Å². The van der Waals surface area contributed by atoms with Crippen LogP contribution in [-0.2, 0) is 9.53 Å². The van der Waals surface area contributed by atoms with Gasteiger partial charge in [0, 0.05) is 30.6 Å². The Morgan fingerprint density at radius 1 is 1.00 bits per heavy atom. The number of carbonyl (C=O) groups is 1. The summed E-state index contributed by atoms with van der Waals surface area (Å²) in [6.07, 6.45) is 0. The van der Waals surface area contributed by atoms with E-state index in [0.717, 1.165) is 5.56 Å². The van der Waals surface area contributed by atoms with Gasteiger partial charge in [0.25, 0.3) is 0 Å². The van der Waals surface area contributed by atoms with E-state index in [1.165, 1.54) is 7.11 Å². The van der Waals surface area contributed by atoms with Gasteiger partial charge in [0.1, 0.15) is 5.75 Å². The molecule has 2 unspecified atom stereocenters. The average molecular weight is 295 g/mol. The first-order chi connectivity index (χ1) is 10.2. The standard InChI is InChI=1S/C15H21NO5/c1-18-12-6-14(20-3)13(19-2)5-9(12)10-7-16-8-11(10)15(17)21-4/h5-6,10-11,16H,7-8H2,1-4H3. The maximum atomic E-state index is 11.9. The summed E-state index contributed by atoms with van der Waals surface area (Å²) in [4.78, 5) is 11.9. The molecule has 0 radical (unpaired) electrons. The fraction of sp³-hybridized carbons (Fsp3) is 0.533. The average Bonchev–Trinajstić information content (AvgIpc) is 3.01. The van der Waals surface area contributed by atoms with Crippen molar-refractivity contribution in [1.29, 1.82) is 0 Å². The molecule has 1 saturated heterocycles. The Kier molecular flexibility index (Phi) is 4.90. The summed E-state index contributed by atoms with van der Waals surface area (Å²) >= 11 is 0. The second kappa shape index (κ2) is 6.67. The number of ether oxygens (including phenoxy) is 4. The highest BCUT2D eigenvalue weighted by molar-refractivity contribution is 5.75. The third-order valence-electron chi connectivity index (χ3n) is 3.85. The SMILES string of the molecule is COC(=O)C1CNCC1c1cc(OC)c(OC)cc1OC. The van der Waals surface area contributed by atoms with Gasteiger partial charge in [-0.05, 0) is 6.07 Å². The molecule has 1 fully saturated rings. The predicted molar refractivity (Wildman–Crippen MR) is 77.2 cm³/mol. The van der Waals surface area contributed by atoms with Crippen LogP contribution in [0.1, 0.15) is 11.5 Å². The Morgan fingerprint density at radius 2 is 1.62 bits per heavy atom. The highest BCUT2D eigenvalue weighted by Gasteiger charge is 2.37. The van der Waals surface area contributed by atoms with Crippen molar-refractivity contribution in [1.82, 2.24) is 5.32 Å². The third kappa shape index (κ3) is 2.90. The molecule has 0 spiro atoms. The summed E-state index contributed by atoms with van der Waals surface area (Å²) < 4.78 is 21.0. The maximum absolute atomic E-state index is 11.9. The molecule has 6 nitrogen and oxygen atoms in total. The molecule has 0 aliphatic carbocycles. The summed E-state index contributed by atoms with van der Waals surface area (Å²) in [5.74, 6) is 1.41. The molecule has 1 heterocycles. The third-order valence-corrected chi connectivity index (χ3v) is 3.85. The molecule has 1 N–H and O–H groups in total. The summed E-state index contributed by atoms with van der Waals surface area (Å²) in [7, 11) is 6.16. The molecular formula is C15H21NO5. The molecule has 1 aromatic carbocycles. The predicted octanol–water partition coefficient (Wildman–Crippen LogP) is 1.19. The van der Waals surface area contributed by atoms with Gasteiger partial charge in [0.2, 0.25) is 0 Å². The Bertz CT molecular complexity index is 517. The zero-order valence-electron chi connectivity index (χ0n) is 12.8. The lowest BCUT2D eigenvalue weighted by molar-refractivity contribution is -0.145. The Morgan fingerprint density at radius 3 is 2.19 bits per heavy atom. The molecule has 6 heteroatoms. The largest absolute Gasteiger partial charge is 0.496 e. The van der Waals surface area contributed by atoms with Crippen molar-refractivity contribution in [3.8, 4) is 17.2 Å². The van der Waals surface area contributed by atoms with Crippen molar-refractivity contribution in [3.63, 3.8) is 0 Å². The van der Waals surface area contributed by atoms with Crippen molar-refractivity contribution in [2.24, 2.45) is 5.92 Å². The van der Waals surface area contributed by atoms with Crippen LogP contribution in [-0.4, -0.2) is 47.5 Å². The molecule has 1 aliphatic rings. The minimum atomic E-state index is -0.234. The van der Waals surface area contributed by atoms with Crippen LogP contribution >= 0.6 is 0 Å². The molecule has 116 valence electrons. The second-order valence-electron chi connectivity index (χ2n) is 4.84. The number of nitrogens with one attached hydrogen (secondary N) is 1. The maximum Gasteiger partial charge on any atom is 0.310 e. The van der Waals surface area contributed by atoms with Crippen LogP contribution < -0.4 is 19.5 Å². The minimum Gasteiger partial charge on any atom is -0.496 e. The second-order valence-corrected chi connectivity index (χ2v) is 4.84. The number of methoxy groups -OCH3 is 4. The van der Waals surface area contributed by atoms with E-state index >= 15 is 0 Å². The van der Waals surface area contributed by atoms with Gasteiger partial charge in [0.05, 0.1) is 34.4 Å². The zero-order chi connectivity index (χ0) is 15.4. The topological polar surface area (TPSA) is 66.0 Å². The van der Waals surface area contributed by atoms with Crippen molar-refractivity contribution >= 4 is 5.97 Å². The van der Waals surface area contributed by atoms with E-state index in [9.17, 15) is 4.79 Å². The van der Waals surface area contributed by atoms with Crippen molar-refractivity contribution in [2.75, 3.05) is 41.5 Å². The molecule has 0 aromatic heterocycles. The Hall–Kier alpha value is -1.95. The van der Waals surface area contributed by atoms with Crippen LogP contribution in [0.3, 0.4) is 0 Å². The quantitative estimate of drug-likeness (QED) is 0.823. The van der Waals surface area contributed by atoms with E-state index in [4.69, 9.17) is 18.9 Å². The monoisotopic (exact) mass is 295 g/mol. The van der Waals surface area contributed by atoms with Crippen LogP contribution in [0.15, 0.2) is 12.1 Å². The number of hydrogen-bond donors (Lipinski definition) is 1. The molecule has 1 aromatic rings. The van der Waals surface area contributed by atoms with Crippen LogP contribution in [0.25, 0.3) is 0 Å². The van der Waals surface area contributed by atoms with Crippen LogP contribution in [0.4, 0.5) is 0 Å². The number of benzene rings is 1. The van der Waals surface area contributed by atoms with Gasteiger partial charge in [0.15, 0.2) is 11.5 Å². The Labute approximate surface area is 124 Å². The summed E-state index contributed by atoms with van der Waals surface area (Å²) in [6.45, 7) is 1.28. The van der Waals surface area contributed by atoms with Crippen molar-refractivity contribution in [3.05, 3.63) is 17.7 Å². The number of hydrogen-bond acceptors (Lipinski definition) is 6. The molecular weight excluding hydrogens is 274 g/mol. The van der Waals surface area contributed by atoms with Gasteiger partial charge in [-0.3, -0.25) is 4.79 Å². The zero-order valence-corrected chi connectivity index (χ0v) is 12.8. The van der Waals surface area contributed by atoms with E-state index in [-0.39, 0.29) is 17.8 Å². The van der Waals surface area contributed by atoms with Gasteiger partial charge < -0.3 is 24.3 Å². The lowest BCUT2D eigenvalue weighted by Crippen LogP contribution is -2.23. The van der Waals surface area contributed by atoms with Gasteiger partial charge in [-0.25, -0.2) is 0 Å². The first-order valence-corrected chi connectivity index (χ1v) is 6.74. The molecule has 2 rings (SSSR count). The molecule has 1 aliphatic heterocycles. The lowest BCUT2D eigenvalue weighted by atomic mass is 9.88. The molecule has 2 atom stereocenters. The van der Waals surface area contributed by atoms with E-state index < -0.39 is 0 Å². The summed E-state index contributed by atoms with van der Waals surface area (Å²) in [5, 5.41) is 3.23. The van der Waals surface area contributed by atoms with Gasteiger partial charge in [-0.15, -0.1) is 0 Å². The van der Waals surface area contributed by atoms with Gasteiger partial charge >= 0.3 is 5.97 Å². The van der Waals surface area contributed by atoms with Crippen molar-refractivity contribution in [2.45, 2.75) is 5.92 Å². The fourth-order valence-electron chi connectivity index (χ4n) is 2.75. The molecule has 0 amide bonds. The van der Waals surface area contributed by atoms with E-state index in [1.54, 1.807) is 27.4 Å². The molecule has 21 heavy (non-hydrogen) atoms. The molecule has 0 bridgehead atoms. The minimum absolute atomic E-state index is 0.0211. The fourth-order valence-corrected chi connectivity index (χ4v) is 2.75.